The van der Waals surface area contributed by atoms with Crippen LogP contribution in [0.5, 0.6) is 11.5 Å². The van der Waals surface area contributed by atoms with Crippen molar-refractivity contribution in [3.05, 3.63) is 53.3 Å². The van der Waals surface area contributed by atoms with E-state index >= 15 is 0 Å². The lowest BCUT2D eigenvalue weighted by Crippen LogP contribution is -2.08. The van der Waals surface area contributed by atoms with Crippen molar-refractivity contribution in [1.82, 2.24) is 4.98 Å². The molecule has 0 radical (unpaired) electrons. The van der Waals surface area contributed by atoms with Crippen LogP contribution in [0.3, 0.4) is 0 Å². The summed E-state index contributed by atoms with van der Waals surface area (Å²) in [6.45, 7) is 1.77. The molecule has 0 saturated carbocycles. The molecular weight excluding hydrogens is 321 g/mol. The van der Waals surface area contributed by atoms with Gasteiger partial charge in [-0.2, -0.15) is 14.0 Å². The number of methoxy groups -OCH3 is 1. The number of pyridine rings is 1. The Hall–Kier alpha value is -2.25. The molecule has 0 amide bonds. The van der Waals surface area contributed by atoms with E-state index in [1.165, 1.54) is 34.5 Å². The van der Waals surface area contributed by atoms with Crippen LogP contribution < -0.4 is 9.47 Å². The Morgan fingerprint density at radius 2 is 2.00 bits per heavy atom. The maximum atomic E-state index is 13.6. The van der Waals surface area contributed by atoms with Gasteiger partial charge in [-0.15, -0.1) is 0 Å². The normalized spacial score (nSPS) is 12.3. The van der Waals surface area contributed by atoms with Crippen molar-refractivity contribution in [1.29, 1.82) is 5.26 Å². The predicted molar refractivity (Wildman–Crippen MR) is 84.6 cm³/mol. The number of nitrogens with zero attached hydrogens (tertiary/aromatic N) is 2. The van der Waals surface area contributed by atoms with E-state index in [-0.39, 0.29) is 11.3 Å². The van der Waals surface area contributed by atoms with E-state index in [0.29, 0.717) is 5.75 Å². The van der Waals surface area contributed by atoms with Gasteiger partial charge in [-0.05, 0) is 31.2 Å². The maximum absolute atomic E-state index is 13.6. The van der Waals surface area contributed by atoms with Gasteiger partial charge in [0.2, 0.25) is 0 Å². The number of halogens is 2. The van der Waals surface area contributed by atoms with Crippen molar-refractivity contribution < 1.29 is 18.3 Å². The van der Waals surface area contributed by atoms with Crippen LogP contribution in [-0.2, 0) is 5.66 Å². The Kier molecular flexibility index (Phi) is 5.12. The van der Waals surface area contributed by atoms with Crippen molar-refractivity contribution in [2.75, 3.05) is 7.11 Å². The summed E-state index contributed by atoms with van der Waals surface area (Å²) in [5.41, 5.74) is -2.94. The second-order valence-corrected chi connectivity index (χ2v) is 5.59. The Labute approximate surface area is 135 Å². The quantitative estimate of drug-likeness (QED) is 0.774. The Morgan fingerprint density at radius 3 is 2.61 bits per heavy atom. The fourth-order valence-corrected chi connectivity index (χ4v) is 2.25. The van der Waals surface area contributed by atoms with Gasteiger partial charge in [-0.3, -0.25) is 4.98 Å². The average molecular weight is 336 g/mol. The van der Waals surface area contributed by atoms with E-state index < -0.39 is 17.3 Å². The molecule has 0 N–H and O–H groups in total. The van der Waals surface area contributed by atoms with Gasteiger partial charge in [0.25, 0.3) is 5.66 Å². The number of hydrogen-bond donors (Lipinski definition) is 0. The first-order valence-electron chi connectivity index (χ1n) is 6.72. The number of benzene rings is 1. The van der Waals surface area contributed by atoms with Crippen LogP contribution in [0.1, 0.15) is 29.7 Å². The molecule has 2 rings (SSSR count). The summed E-state index contributed by atoms with van der Waals surface area (Å²) in [5, 5.41) is 8.93. The summed E-state index contributed by atoms with van der Waals surface area (Å²) in [5.74, 6) is 0.825. The SMILES string of the molecule is COc1cncc(C(C)Oc2ccc(C#N)c(C(F)(F)P)c2)c1. The number of hydrogen-bond acceptors (Lipinski definition) is 4. The average Bonchev–Trinajstić information content (AvgIpc) is 2.54. The number of ether oxygens (including phenoxy) is 2. The van der Waals surface area contributed by atoms with Crippen LogP contribution in [0.15, 0.2) is 36.7 Å². The molecule has 2 aromatic rings. The molecule has 0 aliphatic carbocycles. The molecule has 2 unspecified atom stereocenters. The van der Waals surface area contributed by atoms with Crippen molar-refractivity contribution in [3.8, 4) is 17.6 Å². The molecule has 0 aliphatic rings. The Balaban J connectivity index is 2.28. The third kappa shape index (κ3) is 4.14. The largest absolute Gasteiger partial charge is 0.495 e. The maximum Gasteiger partial charge on any atom is 0.285 e. The van der Waals surface area contributed by atoms with Gasteiger partial charge in [0.05, 0.1) is 24.9 Å². The summed E-state index contributed by atoms with van der Waals surface area (Å²) in [4.78, 5) is 4.03. The fourth-order valence-electron chi connectivity index (χ4n) is 2.01. The third-order valence-corrected chi connectivity index (χ3v) is 3.53. The molecule has 2 atom stereocenters. The lowest BCUT2D eigenvalue weighted by molar-refractivity contribution is 0.103. The number of nitriles is 1. The second-order valence-electron chi connectivity index (χ2n) is 4.86. The molecule has 4 nitrogen and oxygen atoms in total. The van der Waals surface area contributed by atoms with Crippen molar-refractivity contribution in [2.24, 2.45) is 0 Å². The lowest BCUT2D eigenvalue weighted by Gasteiger charge is -2.18. The minimum Gasteiger partial charge on any atom is -0.495 e. The summed E-state index contributed by atoms with van der Waals surface area (Å²) in [6, 6.07) is 7.49. The van der Waals surface area contributed by atoms with E-state index in [1.54, 1.807) is 31.5 Å². The smallest absolute Gasteiger partial charge is 0.285 e. The highest BCUT2D eigenvalue weighted by molar-refractivity contribution is 7.17. The Bertz CT molecular complexity index is 742. The summed E-state index contributed by atoms with van der Waals surface area (Å²) in [6.07, 6.45) is 2.75. The van der Waals surface area contributed by atoms with Crippen LogP contribution in [-0.4, -0.2) is 12.1 Å². The first-order valence-corrected chi connectivity index (χ1v) is 7.29. The second kappa shape index (κ2) is 6.89. The van der Waals surface area contributed by atoms with Crippen molar-refractivity contribution >= 4 is 9.24 Å². The molecule has 1 aromatic heterocycles. The minimum atomic E-state index is -3.20. The molecule has 1 aromatic carbocycles. The molecule has 0 fully saturated rings. The number of alkyl halides is 2. The van der Waals surface area contributed by atoms with Crippen LogP contribution in [0.25, 0.3) is 0 Å². The van der Waals surface area contributed by atoms with Crippen molar-refractivity contribution in [3.63, 3.8) is 0 Å². The van der Waals surface area contributed by atoms with Gasteiger partial charge in [0.15, 0.2) is 0 Å². The van der Waals surface area contributed by atoms with Crippen LogP contribution in [0.4, 0.5) is 8.78 Å². The minimum absolute atomic E-state index is 0.0898. The molecule has 120 valence electrons. The summed E-state index contributed by atoms with van der Waals surface area (Å²) < 4.78 is 37.9. The standard InChI is InChI=1S/C16H15F2N2O2P/c1-10(12-5-14(21-2)9-20-8-12)22-13-4-3-11(7-19)15(6-13)16(17,18)23/h3-6,8-10H,23H2,1-2H3. The molecule has 7 heteroatoms. The highest BCUT2D eigenvalue weighted by Crippen LogP contribution is 2.39. The molecule has 0 aliphatic heterocycles. The van der Waals surface area contributed by atoms with Crippen molar-refractivity contribution in [2.45, 2.75) is 18.7 Å². The number of aromatic nitrogens is 1. The zero-order valence-corrected chi connectivity index (χ0v) is 13.7. The van der Waals surface area contributed by atoms with Gasteiger partial charge in [-0.1, -0.05) is 9.24 Å². The zero-order valence-electron chi connectivity index (χ0n) is 12.6. The van der Waals surface area contributed by atoms with E-state index in [2.05, 4.69) is 4.98 Å². The first kappa shape index (κ1) is 17.1. The highest BCUT2D eigenvalue weighted by atomic mass is 31.0. The monoisotopic (exact) mass is 336 g/mol. The molecular formula is C16H15F2N2O2P. The van der Waals surface area contributed by atoms with E-state index in [0.717, 1.165) is 5.56 Å². The highest BCUT2D eigenvalue weighted by Gasteiger charge is 2.28. The van der Waals surface area contributed by atoms with E-state index in [4.69, 9.17) is 14.7 Å². The summed E-state index contributed by atoms with van der Waals surface area (Å²) in [7, 11) is 2.96. The fraction of sp³-hybridized carbons (Fsp3) is 0.250. The molecule has 0 bridgehead atoms. The lowest BCUT2D eigenvalue weighted by atomic mass is 10.1. The summed E-state index contributed by atoms with van der Waals surface area (Å²) >= 11 is 0. The van der Waals surface area contributed by atoms with E-state index in [9.17, 15) is 8.78 Å². The molecule has 1 heterocycles. The molecule has 0 saturated heterocycles. The van der Waals surface area contributed by atoms with Crippen LogP contribution >= 0.6 is 9.24 Å². The molecule has 23 heavy (non-hydrogen) atoms. The molecule has 0 spiro atoms. The van der Waals surface area contributed by atoms with Crippen LogP contribution in [0.2, 0.25) is 0 Å². The zero-order chi connectivity index (χ0) is 17.0. The van der Waals surface area contributed by atoms with Crippen LogP contribution in [0, 0.1) is 11.3 Å². The van der Waals surface area contributed by atoms with Gasteiger partial charge < -0.3 is 9.47 Å². The number of rotatable bonds is 5. The van der Waals surface area contributed by atoms with E-state index in [1.807, 2.05) is 0 Å². The van der Waals surface area contributed by atoms with Gasteiger partial charge in [0, 0.05) is 17.3 Å². The predicted octanol–water partition coefficient (Wildman–Crippen LogP) is 4.03. The topological polar surface area (TPSA) is 55.1 Å². The van der Waals surface area contributed by atoms with Gasteiger partial charge in [-0.25, -0.2) is 0 Å². The third-order valence-electron chi connectivity index (χ3n) is 3.22. The Morgan fingerprint density at radius 1 is 1.26 bits per heavy atom. The van der Waals surface area contributed by atoms with Gasteiger partial charge >= 0.3 is 0 Å². The van der Waals surface area contributed by atoms with Gasteiger partial charge in [0.1, 0.15) is 17.6 Å². The first-order chi connectivity index (χ1) is 10.8.